The number of amides is 3. The fourth-order valence-corrected chi connectivity index (χ4v) is 1.86. The largest absolute Gasteiger partial charge is 0.353 e. The number of nitrogens with one attached hydrogen (secondary N) is 2. The number of carbonyl (C=O) groups excluding carboxylic acids is 2. The Kier molecular flexibility index (Phi) is 3.05. The van der Waals surface area contributed by atoms with E-state index in [-0.39, 0.29) is 18.5 Å². The van der Waals surface area contributed by atoms with Crippen LogP contribution in [0.3, 0.4) is 0 Å². The first kappa shape index (κ1) is 10.2. The molecule has 2 aliphatic heterocycles. The van der Waals surface area contributed by atoms with Gasteiger partial charge in [-0.15, -0.1) is 0 Å². The molecule has 2 fully saturated rings. The van der Waals surface area contributed by atoms with Crippen LogP contribution in [0.4, 0.5) is 4.79 Å². The Balaban J connectivity index is 1.90. The van der Waals surface area contributed by atoms with Crippen LogP contribution >= 0.6 is 0 Å². The molecule has 2 heterocycles. The van der Waals surface area contributed by atoms with Gasteiger partial charge in [-0.3, -0.25) is 4.79 Å². The number of urea groups is 1. The van der Waals surface area contributed by atoms with Gasteiger partial charge in [-0.1, -0.05) is 0 Å². The number of carbonyl (C=O) groups is 2. The second-order valence-corrected chi connectivity index (χ2v) is 3.79. The molecule has 0 bridgehead atoms. The summed E-state index contributed by atoms with van der Waals surface area (Å²) in [5.74, 6) is -0.0651. The zero-order valence-corrected chi connectivity index (χ0v) is 8.66. The highest BCUT2D eigenvalue weighted by atomic mass is 16.2. The topological polar surface area (TPSA) is 64.7 Å². The Hall–Kier alpha value is -1.30. The van der Waals surface area contributed by atoms with E-state index in [0.29, 0.717) is 13.1 Å². The number of nitrogens with zero attached hydrogens (tertiary/aromatic N) is 2. The lowest BCUT2D eigenvalue weighted by Crippen LogP contribution is -2.57. The van der Waals surface area contributed by atoms with Crippen LogP contribution in [-0.4, -0.2) is 67.6 Å². The van der Waals surface area contributed by atoms with Crippen molar-refractivity contribution in [3.8, 4) is 0 Å². The zero-order valence-electron chi connectivity index (χ0n) is 8.66. The molecule has 0 aromatic rings. The summed E-state index contributed by atoms with van der Waals surface area (Å²) in [5.41, 5.74) is 0. The van der Waals surface area contributed by atoms with Crippen LogP contribution in [0.15, 0.2) is 0 Å². The van der Waals surface area contributed by atoms with Crippen molar-refractivity contribution in [2.75, 3.05) is 45.8 Å². The summed E-state index contributed by atoms with van der Waals surface area (Å²) < 4.78 is 0. The number of hydrogen-bond donors (Lipinski definition) is 2. The van der Waals surface area contributed by atoms with Crippen LogP contribution in [-0.2, 0) is 4.79 Å². The Bertz CT molecular complexity index is 263. The molecule has 0 saturated carbocycles. The summed E-state index contributed by atoms with van der Waals surface area (Å²) >= 11 is 0. The monoisotopic (exact) mass is 212 g/mol. The molecule has 0 aromatic heterocycles. The maximum atomic E-state index is 11.9. The highest BCUT2D eigenvalue weighted by molar-refractivity contribution is 5.85. The molecular weight excluding hydrogens is 196 g/mol. The van der Waals surface area contributed by atoms with E-state index < -0.39 is 0 Å². The van der Waals surface area contributed by atoms with Crippen molar-refractivity contribution in [2.45, 2.75) is 0 Å². The predicted octanol–water partition coefficient (Wildman–Crippen LogP) is -1.56. The van der Waals surface area contributed by atoms with Crippen molar-refractivity contribution < 1.29 is 9.59 Å². The van der Waals surface area contributed by atoms with Crippen molar-refractivity contribution in [3.05, 3.63) is 0 Å². The standard InChI is InChI=1S/C9H16N4O2/c14-8-7-13(6-3-11-8)9(15)12-4-1-10-2-5-12/h10H,1-7H2,(H,11,14). The quantitative estimate of drug-likeness (QED) is 0.510. The van der Waals surface area contributed by atoms with Crippen LogP contribution in [0, 0.1) is 0 Å². The minimum Gasteiger partial charge on any atom is -0.353 e. The molecule has 3 amide bonds. The molecule has 15 heavy (non-hydrogen) atoms. The normalized spacial score (nSPS) is 22.5. The molecule has 6 heteroatoms. The van der Waals surface area contributed by atoms with Crippen molar-refractivity contribution in [1.82, 2.24) is 20.4 Å². The SMILES string of the molecule is O=C1CN(C(=O)N2CCNCC2)CCN1. The first-order valence-corrected chi connectivity index (χ1v) is 5.28. The summed E-state index contributed by atoms with van der Waals surface area (Å²) in [4.78, 5) is 26.5. The molecule has 0 aromatic carbocycles. The van der Waals surface area contributed by atoms with E-state index in [1.807, 2.05) is 0 Å². The van der Waals surface area contributed by atoms with E-state index in [1.54, 1.807) is 9.80 Å². The molecule has 0 spiro atoms. The molecule has 0 unspecified atom stereocenters. The minimum atomic E-state index is -0.0651. The van der Waals surface area contributed by atoms with Gasteiger partial charge in [-0.25, -0.2) is 4.79 Å². The van der Waals surface area contributed by atoms with Crippen LogP contribution < -0.4 is 10.6 Å². The van der Waals surface area contributed by atoms with Gasteiger partial charge in [0, 0.05) is 39.3 Å². The van der Waals surface area contributed by atoms with E-state index in [2.05, 4.69) is 10.6 Å². The summed E-state index contributed by atoms with van der Waals surface area (Å²) in [5, 5.41) is 5.90. The van der Waals surface area contributed by atoms with E-state index in [0.717, 1.165) is 26.2 Å². The van der Waals surface area contributed by atoms with E-state index in [4.69, 9.17) is 0 Å². The van der Waals surface area contributed by atoms with Gasteiger partial charge in [0.1, 0.15) is 6.54 Å². The molecule has 6 nitrogen and oxygen atoms in total. The fourth-order valence-electron chi connectivity index (χ4n) is 1.86. The van der Waals surface area contributed by atoms with Gasteiger partial charge in [0.15, 0.2) is 0 Å². The Labute approximate surface area is 88.6 Å². The van der Waals surface area contributed by atoms with Crippen LogP contribution in [0.5, 0.6) is 0 Å². The molecule has 2 rings (SSSR count). The molecule has 2 saturated heterocycles. The minimum absolute atomic E-state index is 0.00801. The van der Waals surface area contributed by atoms with Crippen molar-refractivity contribution in [1.29, 1.82) is 0 Å². The summed E-state index contributed by atoms with van der Waals surface area (Å²) in [7, 11) is 0. The third-order valence-corrected chi connectivity index (χ3v) is 2.70. The smallest absolute Gasteiger partial charge is 0.320 e. The number of rotatable bonds is 0. The third kappa shape index (κ3) is 2.38. The van der Waals surface area contributed by atoms with Crippen molar-refractivity contribution in [2.24, 2.45) is 0 Å². The van der Waals surface area contributed by atoms with Crippen molar-refractivity contribution >= 4 is 11.9 Å². The predicted molar refractivity (Wildman–Crippen MR) is 54.4 cm³/mol. The Morgan fingerprint density at radius 2 is 1.73 bits per heavy atom. The fraction of sp³-hybridized carbons (Fsp3) is 0.778. The van der Waals surface area contributed by atoms with Gasteiger partial charge < -0.3 is 20.4 Å². The molecule has 0 radical (unpaired) electrons. The first-order chi connectivity index (χ1) is 7.27. The molecule has 0 aliphatic carbocycles. The van der Waals surface area contributed by atoms with Gasteiger partial charge >= 0.3 is 6.03 Å². The van der Waals surface area contributed by atoms with Gasteiger partial charge in [-0.05, 0) is 0 Å². The highest BCUT2D eigenvalue weighted by Crippen LogP contribution is 2.02. The van der Waals surface area contributed by atoms with Crippen LogP contribution in [0.1, 0.15) is 0 Å². The van der Waals surface area contributed by atoms with Crippen LogP contribution in [0.25, 0.3) is 0 Å². The van der Waals surface area contributed by atoms with Crippen molar-refractivity contribution in [3.63, 3.8) is 0 Å². The maximum absolute atomic E-state index is 11.9. The number of hydrogen-bond acceptors (Lipinski definition) is 3. The molecule has 84 valence electrons. The van der Waals surface area contributed by atoms with Gasteiger partial charge in [0.25, 0.3) is 0 Å². The van der Waals surface area contributed by atoms with Gasteiger partial charge in [0.05, 0.1) is 0 Å². The Morgan fingerprint density at radius 3 is 2.40 bits per heavy atom. The van der Waals surface area contributed by atoms with E-state index in [9.17, 15) is 9.59 Å². The van der Waals surface area contributed by atoms with E-state index >= 15 is 0 Å². The third-order valence-electron chi connectivity index (χ3n) is 2.70. The second-order valence-electron chi connectivity index (χ2n) is 3.79. The molecular formula is C9H16N4O2. The van der Waals surface area contributed by atoms with E-state index in [1.165, 1.54) is 0 Å². The average molecular weight is 212 g/mol. The summed E-state index contributed by atoms with van der Waals surface area (Å²) in [6, 6.07) is -0.00801. The highest BCUT2D eigenvalue weighted by Gasteiger charge is 2.26. The zero-order chi connectivity index (χ0) is 10.7. The van der Waals surface area contributed by atoms with Gasteiger partial charge in [0.2, 0.25) is 5.91 Å². The lowest BCUT2D eigenvalue weighted by Gasteiger charge is -2.34. The molecule has 2 aliphatic rings. The summed E-state index contributed by atoms with van der Waals surface area (Å²) in [6.07, 6.45) is 0. The van der Waals surface area contributed by atoms with Crippen LogP contribution in [0.2, 0.25) is 0 Å². The Morgan fingerprint density at radius 1 is 1.07 bits per heavy atom. The lowest BCUT2D eigenvalue weighted by molar-refractivity contribution is -0.123. The summed E-state index contributed by atoms with van der Waals surface area (Å²) in [6.45, 7) is 4.53. The lowest BCUT2D eigenvalue weighted by atomic mass is 10.3. The average Bonchev–Trinajstić information content (AvgIpc) is 2.29. The first-order valence-electron chi connectivity index (χ1n) is 5.28. The molecule has 0 atom stereocenters. The second kappa shape index (κ2) is 4.48. The van der Waals surface area contributed by atoms with Gasteiger partial charge in [-0.2, -0.15) is 0 Å². The number of piperazine rings is 2. The molecule has 2 N–H and O–H groups in total. The maximum Gasteiger partial charge on any atom is 0.320 e.